The molecule has 0 bridgehead atoms. The van der Waals surface area contributed by atoms with Crippen molar-refractivity contribution in [3.63, 3.8) is 0 Å². The quantitative estimate of drug-likeness (QED) is 0.770. The number of hydrogen-bond acceptors (Lipinski definition) is 4. The fourth-order valence-corrected chi connectivity index (χ4v) is 4.14. The second-order valence-corrected chi connectivity index (χ2v) is 7.45. The van der Waals surface area contributed by atoms with E-state index in [0.717, 1.165) is 31.8 Å². The molecule has 3 heterocycles. The van der Waals surface area contributed by atoms with Crippen LogP contribution in [0.15, 0.2) is 42.6 Å². The van der Waals surface area contributed by atoms with E-state index < -0.39 is 0 Å². The monoisotopic (exact) mass is 383 g/mol. The highest BCUT2D eigenvalue weighted by Gasteiger charge is 2.25. The maximum Gasteiger partial charge on any atom is 0.260 e. The van der Waals surface area contributed by atoms with Crippen molar-refractivity contribution in [2.45, 2.75) is 32.5 Å². The van der Waals surface area contributed by atoms with Gasteiger partial charge in [0.15, 0.2) is 6.61 Å². The number of aromatic nitrogens is 1. The fraction of sp³-hybridized carbons (Fsp3) is 0.500. The van der Waals surface area contributed by atoms with Crippen LogP contribution in [0.5, 0.6) is 5.75 Å². The lowest BCUT2D eigenvalue weighted by atomic mass is 10.1. The second kappa shape index (κ2) is 8.80. The maximum atomic E-state index is 12.2. The smallest absolute Gasteiger partial charge is 0.260 e. The van der Waals surface area contributed by atoms with Crippen molar-refractivity contribution in [2.24, 2.45) is 0 Å². The van der Waals surface area contributed by atoms with Gasteiger partial charge in [0.05, 0.1) is 19.3 Å². The number of carbonyl (C=O) groups excluding carboxylic acids is 1. The number of amides is 1. The molecule has 1 amide bonds. The minimum atomic E-state index is 0.0227. The number of hydrogen-bond donors (Lipinski definition) is 0. The Balaban J connectivity index is 1.31. The first-order valence-corrected chi connectivity index (χ1v) is 10.2. The van der Waals surface area contributed by atoms with Gasteiger partial charge < -0.3 is 18.9 Å². The molecule has 1 aromatic carbocycles. The number of carbonyl (C=O) groups is 1. The minimum absolute atomic E-state index is 0.0227. The Hall–Kier alpha value is -2.31. The van der Waals surface area contributed by atoms with Crippen LogP contribution in [0.1, 0.15) is 30.6 Å². The molecule has 1 saturated heterocycles. The number of morpholine rings is 1. The summed E-state index contributed by atoms with van der Waals surface area (Å²) in [7, 11) is 0. The molecule has 6 heteroatoms. The van der Waals surface area contributed by atoms with Crippen molar-refractivity contribution in [2.75, 3.05) is 39.5 Å². The minimum Gasteiger partial charge on any atom is -0.484 e. The van der Waals surface area contributed by atoms with E-state index >= 15 is 0 Å². The molecule has 6 nitrogen and oxygen atoms in total. The van der Waals surface area contributed by atoms with Crippen molar-refractivity contribution in [3.8, 4) is 5.75 Å². The van der Waals surface area contributed by atoms with Crippen LogP contribution in [-0.2, 0) is 22.6 Å². The summed E-state index contributed by atoms with van der Waals surface area (Å²) in [6.45, 7) is 7.90. The first-order chi connectivity index (χ1) is 13.7. The van der Waals surface area contributed by atoms with Gasteiger partial charge in [-0.3, -0.25) is 9.69 Å². The van der Waals surface area contributed by atoms with E-state index in [1.807, 2.05) is 12.1 Å². The summed E-state index contributed by atoms with van der Waals surface area (Å²) in [5, 5.41) is 0. The Bertz CT molecular complexity index is 781. The third-order valence-corrected chi connectivity index (χ3v) is 5.70. The van der Waals surface area contributed by atoms with Crippen LogP contribution < -0.4 is 4.74 Å². The lowest BCUT2D eigenvalue weighted by Crippen LogP contribution is -2.42. The zero-order chi connectivity index (χ0) is 19.3. The Labute approximate surface area is 166 Å². The molecule has 2 aliphatic rings. The molecule has 0 radical (unpaired) electrons. The first kappa shape index (κ1) is 19.0. The lowest BCUT2D eigenvalue weighted by molar-refractivity contribution is -0.137. The molecule has 1 atom stereocenters. The standard InChI is InChI=1S/C22H29N3O3/c1-2-20-21-4-3-9-23(21)10-11-25(20)16-18-5-7-19(8-6-18)28-17-22(26)24-12-14-27-15-13-24/h3-9,20H,2,10-17H2,1H3. The highest BCUT2D eigenvalue weighted by atomic mass is 16.5. The molecule has 0 N–H and O–H groups in total. The Morgan fingerprint density at radius 2 is 1.89 bits per heavy atom. The van der Waals surface area contributed by atoms with Crippen molar-refractivity contribution in [1.29, 1.82) is 0 Å². The Morgan fingerprint density at radius 1 is 1.11 bits per heavy atom. The number of ether oxygens (including phenoxy) is 2. The summed E-state index contributed by atoms with van der Waals surface area (Å²) in [6.07, 6.45) is 3.29. The SMILES string of the molecule is CCC1c2cccn2CCN1Cc1ccc(OCC(=O)N2CCOCC2)cc1. The molecule has 150 valence electrons. The van der Waals surface area contributed by atoms with E-state index in [4.69, 9.17) is 9.47 Å². The molecule has 2 aliphatic heterocycles. The molecule has 2 aromatic rings. The summed E-state index contributed by atoms with van der Waals surface area (Å²) < 4.78 is 13.3. The summed E-state index contributed by atoms with van der Waals surface area (Å²) in [6, 6.07) is 13.0. The zero-order valence-corrected chi connectivity index (χ0v) is 16.5. The van der Waals surface area contributed by atoms with Crippen molar-refractivity contribution in [1.82, 2.24) is 14.4 Å². The first-order valence-electron chi connectivity index (χ1n) is 10.2. The van der Waals surface area contributed by atoms with Crippen LogP contribution >= 0.6 is 0 Å². The molecule has 1 fully saturated rings. The fourth-order valence-electron chi connectivity index (χ4n) is 4.14. The van der Waals surface area contributed by atoms with E-state index in [2.05, 4.69) is 46.9 Å². The Morgan fingerprint density at radius 3 is 2.64 bits per heavy atom. The molecule has 0 aliphatic carbocycles. The largest absolute Gasteiger partial charge is 0.484 e. The van der Waals surface area contributed by atoms with E-state index in [0.29, 0.717) is 32.3 Å². The average Bonchev–Trinajstić information content (AvgIpc) is 3.22. The van der Waals surface area contributed by atoms with Crippen LogP contribution in [0.4, 0.5) is 0 Å². The second-order valence-electron chi connectivity index (χ2n) is 7.45. The third kappa shape index (κ3) is 4.23. The summed E-state index contributed by atoms with van der Waals surface area (Å²) >= 11 is 0. The van der Waals surface area contributed by atoms with E-state index in [1.165, 1.54) is 11.3 Å². The van der Waals surface area contributed by atoms with Crippen LogP contribution in [0.3, 0.4) is 0 Å². The van der Waals surface area contributed by atoms with Gasteiger partial charge in [-0.25, -0.2) is 0 Å². The number of nitrogens with zero attached hydrogens (tertiary/aromatic N) is 3. The van der Waals surface area contributed by atoms with Gasteiger partial charge in [0.25, 0.3) is 5.91 Å². The van der Waals surface area contributed by atoms with Crippen LogP contribution in [0.2, 0.25) is 0 Å². The van der Waals surface area contributed by atoms with Crippen molar-refractivity contribution < 1.29 is 14.3 Å². The predicted octanol–water partition coefficient (Wildman–Crippen LogP) is 2.69. The summed E-state index contributed by atoms with van der Waals surface area (Å²) in [4.78, 5) is 16.5. The van der Waals surface area contributed by atoms with Crippen LogP contribution in [0.25, 0.3) is 0 Å². The third-order valence-electron chi connectivity index (χ3n) is 5.70. The number of fused-ring (bicyclic) bond motifs is 1. The van der Waals surface area contributed by atoms with Crippen LogP contribution in [0, 0.1) is 0 Å². The normalized spacial score (nSPS) is 20.0. The zero-order valence-electron chi connectivity index (χ0n) is 16.5. The van der Waals surface area contributed by atoms with Gasteiger partial charge in [-0.05, 0) is 36.2 Å². The molecule has 1 aromatic heterocycles. The van der Waals surface area contributed by atoms with E-state index in [-0.39, 0.29) is 12.5 Å². The van der Waals surface area contributed by atoms with Crippen LogP contribution in [-0.4, -0.2) is 59.7 Å². The molecule has 0 spiro atoms. The highest BCUT2D eigenvalue weighted by Crippen LogP contribution is 2.30. The van der Waals surface area contributed by atoms with Gasteiger partial charge in [-0.2, -0.15) is 0 Å². The van der Waals surface area contributed by atoms with Gasteiger partial charge >= 0.3 is 0 Å². The van der Waals surface area contributed by atoms with Gasteiger partial charge in [-0.15, -0.1) is 0 Å². The lowest BCUT2D eigenvalue weighted by Gasteiger charge is -2.36. The molecular formula is C22H29N3O3. The summed E-state index contributed by atoms with van der Waals surface area (Å²) in [5.74, 6) is 0.763. The van der Waals surface area contributed by atoms with Gasteiger partial charge in [0.1, 0.15) is 5.75 Å². The molecule has 4 rings (SSSR count). The topological polar surface area (TPSA) is 46.9 Å². The molecule has 0 saturated carbocycles. The van der Waals surface area contributed by atoms with E-state index in [9.17, 15) is 4.79 Å². The molecular weight excluding hydrogens is 354 g/mol. The number of rotatable bonds is 6. The molecule has 28 heavy (non-hydrogen) atoms. The van der Waals surface area contributed by atoms with Crippen molar-refractivity contribution in [3.05, 3.63) is 53.9 Å². The van der Waals surface area contributed by atoms with Crippen molar-refractivity contribution >= 4 is 5.91 Å². The predicted molar refractivity (Wildman–Crippen MR) is 107 cm³/mol. The highest BCUT2D eigenvalue weighted by molar-refractivity contribution is 5.77. The average molecular weight is 383 g/mol. The van der Waals surface area contributed by atoms with Gasteiger partial charge in [0, 0.05) is 44.6 Å². The number of benzene rings is 1. The Kier molecular flexibility index (Phi) is 5.98. The molecule has 1 unspecified atom stereocenters. The van der Waals surface area contributed by atoms with E-state index in [1.54, 1.807) is 4.90 Å². The maximum absolute atomic E-state index is 12.2. The van der Waals surface area contributed by atoms with Gasteiger partial charge in [-0.1, -0.05) is 19.1 Å². The van der Waals surface area contributed by atoms with Gasteiger partial charge in [0.2, 0.25) is 0 Å². The summed E-state index contributed by atoms with van der Waals surface area (Å²) in [5.41, 5.74) is 2.68.